The Labute approximate surface area is 108 Å². The summed E-state index contributed by atoms with van der Waals surface area (Å²) < 4.78 is 0. The SMILES string of the molecule is CCN(C(=O)c1cnc(C)cn1)C1CCCNC1. The van der Waals surface area contributed by atoms with E-state index in [4.69, 9.17) is 0 Å². The Hall–Kier alpha value is -1.49. The van der Waals surface area contributed by atoms with Crippen molar-refractivity contribution >= 4 is 5.91 Å². The molecule has 0 spiro atoms. The molecule has 0 radical (unpaired) electrons. The molecule has 2 heterocycles. The molecule has 2 rings (SSSR count). The molecule has 5 nitrogen and oxygen atoms in total. The van der Waals surface area contributed by atoms with Crippen LogP contribution in [-0.2, 0) is 0 Å². The van der Waals surface area contributed by atoms with Crippen LogP contribution < -0.4 is 5.32 Å². The van der Waals surface area contributed by atoms with Gasteiger partial charge in [-0.05, 0) is 33.2 Å². The van der Waals surface area contributed by atoms with Gasteiger partial charge in [-0.3, -0.25) is 9.78 Å². The summed E-state index contributed by atoms with van der Waals surface area (Å²) in [7, 11) is 0. The smallest absolute Gasteiger partial charge is 0.274 e. The molecule has 1 aromatic rings. The molecule has 1 amide bonds. The van der Waals surface area contributed by atoms with Crippen molar-refractivity contribution in [2.24, 2.45) is 0 Å². The van der Waals surface area contributed by atoms with Crippen molar-refractivity contribution in [1.29, 1.82) is 0 Å². The number of amides is 1. The van der Waals surface area contributed by atoms with E-state index in [9.17, 15) is 4.79 Å². The minimum atomic E-state index is -0.0151. The Morgan fingerprint density at radius 3 is 2.89 bits per heavy atom. The molecule has 0 bridgehead atoms. The Morgan fingerprint density at radius 2 is 2.33 bits per heavy atom. The lowest BCUT2D eigenvalue weighted by Gasteiger charge is -2.33. The number of nitrogens with one attached hydrogen (secondary N) is 1. The quantitative estimate of drug-likeness (QED) is 0.867. The van der Waals surface area contributed by atoms with Crippen molar-refractivity contribution in [3.8, 4) is 0 Å². The number of aromatic nitrogens is 2. The first-order chi connectivity index (χ1) is 8.72. The fourth-order valence-corrected chi connectivity index (χ4v) is 2.32. The minimum absolute atomic E-state index is 0.0151. The summed E-state index contributed by atoms with van der Waals surface area (Å²) in [5, 5.41) is 3.34. The number of hydrogen-bond acceptors (Lipinski definition) is 4. The van der Waals surface area contributed by atoms with Crippen LogP contribution in [0.1, 0.15) is 35.9 Å². The highest BCUT2D eigenvalue weighted by molar-refractivity contribution is 5.92. The maximum absolute atomic E-state index is 12.4. The van der Waals surface area contributed by atoms with E-state index in [1.807, 2.05) is 18.7 Å². The zero-order valence-electron chi connectivity index (χ0n) is 11.0. The van der Waals surface area contributed by atoms with Crippen molar-refractivity contribution < 1.29 is 4.79 Å². The summed E-state index contributed by atoms with van der Waals surface area (Å²) in [4.78, 5) is 22.6. The Morgan fingerprint density at radius 1 is 1.50 bits per heavy atom. The molecule has 0 saturated carbocycles. The van der Waals surface area contributed by atoms with Gasteiger partial charge in [-0.1, -0.05) is 0 Å². The molecule has 5 heteroatoms. The summed E-state index contributed by atoms with van der Waals surface area (Å²) in [6, 6.07) is 0.277. The average molecular weight is 248 g/mol. The van der Waals surface area contributed by atoms with E-state index in [0.717, 1.165) is 31.6 Å². The van der Waals surface area contributed by atoms with Crippen molar-refractivity contribution in [3.05, 3.63) is 23.8 Å². The van der Waals surface area contributed by atoms with Crippen LogP contribution in [0.5, 0.6) is 0 Å². The monoisotopic (exact) mass is 248 g/mol. The van der Waals surface area contributed by atoms with Crippen molar-refractivity contribution in [1.82, 2.24) is 20.2 Å². The van der Waals surface area contributed by atoms with Crippen molar-refractivity contribution in [2.75, 3.05) is 19.6 Å². The number of piperidine rings is 1. The summed E-state index contributed by atoms with van der Waals surface area (Å²) in [6.45, 7) is 6.50. The molecule has 0 aliphatic carbocycles. The van der Waals surface area contributed by atoms with Crippen molar-refractivity contribution in [3.63, 3.8) is 0 Å². The van der Waals surface area contributed by atoms with Crippen LogP contribution in [0, 0.1) is 6.92 Å². The zero-order chi connectivity index (χ0) is 13.0. The number of carbonyl (C=O) groups excluding carboxylic acids is 1. The van der Waals surface area contributed by atoms with Gasteiger partial charge in [0.2, 0.25) is 0 Å². The number of nitrogens with zero attached hydrogens (tertiary/aromatic N) is 3. The molecule has 1 N–H and O–H groups in total. The number of rotatable bonds is 3. The van der Waals surface area contributed by atoms with Crippen LogP contribution in [0.15, 0.2) is 12.4 Å². The minimum Gasteiger partial charge on any atom is -0.333 e. The molecule has 1 aliphatic rings. The maximum atomic E-state index is 12.4. The van der Waals surface area contributed by atoms with Gasteiger partial charge in [0.25, 0.3) is 5.91 Å². The number of aryl methyl sites for hydroxylation is 1. The molecule has 18 heavy (non-hydrogen) atoms. The number of carbonyl (C=O) groups is 1. The van der Waals surface area contributed by atoms with Gasteiger partial charge in [-0.2, -0.15) is 0 Å². The first-order valence-corrected chi connectivity index (χ1v) is 6.52. The molecule has 0 aromatic carbocycles. The Bertz CT molecular complexity index is 398. The highest BCUT2D eigenvalue weighted by Gasteiger charge is 2.25. The molecular formula is C13H20N4O. The van der Waals surface area contributed by atoms with E-state index < -0.39 is 0 Å². The highest BCUT2D eigenvalue weighted by Crippen LogP contribution is 2.13. The summed E-state index contributed by atoms with van der Waals surface area (Å²) in [6.07, 6.45) is 5.39. The Kier molecular flexibility index (Phi) is 4.25. The van der Waals surface area contributed by atoms with Crippen molar-refractivity contribution in [2.45, 2.75) is 32.7 Å². The first kappa shape index (κ1) is 13.0. The molecular weight excluding hydrogens is 228 g/mol. The fraction of sp³-hybridized carbons (Fsp3) is 0.615. The second-order valence-corrected chi connectivity index (χ2v) is 4.63. The van der Waals surface area contributed by atoms with Gasteiger partial charge in [-0.15, -0.1) is 0 Å². The molecule has 1 saturated heterocycles. The standard InChI is InChI=1S/C13H20N4O/c1-3-17(11-5-4-6-14-8-11)13(18)12-9-15-10(2)7-16-12/h7,9,11,14H,3-6,8H2,1-2H3. The highest BCUT2D eigenvalue weighted by atomic mass is 16.2. The lowest BCUT2D eigenvalue weighted by molar-refractivity contribution is 0.0655. The molecule has 98 valence electrons. The van der Waals surface area contributed by atoms with E-state index in [0.29, 0.717) is 12.2 Å². The summed E-state index contributed by atoms with van der Waals surface area (Å²) in [5.74, 6) is -0.0151. The Balaban J connectivity index is 2.11. The van der Waals surface area contributed by atoms with Crippen LogP contribution >= 0.6 is 0 Å². The third-order valence-corrected chi connectivity index (χ3v) is 3.31. The summed E-state index contributed by atoms with van der Waals surface area (Å²) in [5.41, 5.74) is 1.27. The largest absolute Gasteiger partial charge is 0.333 e. The molecule has 1 aromatic heterocycles. The third-order valence-electron chi connectivity index (χ3n) is 3.31. The summed E-state index contributed by atoms with van der Waals surface area (Å²) >= 11 is 0. The predicted octanol–water partition coefficient (Wildman–Crippen LogP) is 0.999. The molecule has 1 aliphatic heterocycles. The van der Waals surface area contributed by atoms with E-state index in [1.54, 1.807) is 12.4 Å². The molecule has 1 atom stereocenters. The normalized spacial score (nSPS) is 19.6. The number of hydrogen-bond donors (Lipinski definition) is 1. The van der Waals surface area contributed by atoms with E-state index >= 15 is 0 Å². The number of likely N-dealkylation sites (N-methyl/N-ethyl adjacent to an activating group) is 1. The van der Waals surface area contributed by atoms with Crippen LogP contribution in [0.4, 0.5) is 0 Å². The van der Waals surface area contributed by atoms with E-state index in [-0.39, 0.29) is 11.9 Å². The maximum Gasteiger partial charge on any atom is 0.274 e. The van der Waals surface area contributed by atoms with E-state index in [1.165, 1.54) is 0 Å². The first-order valence-electron chi connectivity index (χ1n) is 6.52. The molecule has 1 unspecified atom stereocenters. The van der Waals surface area contributed by atoms with Gasteiger partial charge in [0.05, 0.1) is 11.9 Å². The van der Waals surface area contributed by atoms with Crippen LogP contribution in [0.3, 0.4) is 0 Å². The third kappa shape index (κ3) is 2.85. The average Bonchev–Trinajstić information content (AvgIpc) is 2.41. The lowest BCUT2D eigenvalue weighted by Crippen LogP contribution is -2.48. The fourth-order valence-electron chi connectivity index (χ4n) is 2.32. The van der Waals surface area contributed by atoms with Gasteiger partial charge >= 0.3 is 0 Å². The van der Waals surface area contributed by atoms with Crippen LogP contribution in [0.25, 0.3) is 0 Å². The second-order valence-electron chi connectivity index (χ2n) is 4.63. The van der Waals surface area contributed by atoms with Gasteiger partial charge in [-0.25, -0.2) is 4.98 Å². The van der Waals surface area contributed by atoms with Gasteiger partial charge in [0, 0.05) is 25.3 Å². The lowest BCUT2D eigenvalue weighted by atomic mass is 10.1. The predicted molar refractivity (Wildman–Crippen MR) is 69.4 cm³/mol. The van der Waals surface area contributed by atoms with Crippen LogP contribution in [0.2, 0.25) is 0 Å². The van der Waals surface area contributed by atoms with Crippen LogP contribution in [-0.4, -0.2) is 46.5 Å². The second kappa shape index (κ2) is 5.91. The molecule has 1 fully saturated rings. The van der Waals surface area contributed by atoms with E-state index in [2.05, 4.69) is 15.3 Å². The zero-order valence-corrected chi connectivity index (χ0v) is 11.0. The van der Waals surface area contributed by atoms with Gasteiger partial charge < -0.3 is 10.2 Å². The van der Waals surface area contributed by atoms with Gasteiger partial charge in [0.15, 0.2) is 0 Å². The van der Waals surface area contributed by atoms with Gasteiger partial charge in [0.1, 0.15) is 5.69 Å². The topological polar surface area (TPSA) is 58.1 Å².